The van der Waals surface area contributed by atoms with Crippen molar-refractivity contribution in [2.75, 3.05) is 20.3 Å². The average molecular weight is 321 g/mol. The summed E-state index contributed by atoms with van der Waals surface area (Å²) >= 11 is 0.970. The Morgan fingerprint density at radius 1 is 1.40 bits per heavy atom. The number of hydrogen-bond donors (Lipinski definition) is 1. The Kier molecular flexibility index (Phi) is 5.66. The van der Waals surface area contributed by atoms with E-state index in [0.29, 0.717) is 5.56 Å². The number of thiophene rings is 1. The minimum atomic E-state index is -3.99. The molecule has 0 aromatic carbocycles. The smallest absolute Gasteiger partial charge is 0.349 e. The third-order valence-electron chi connectivity index (χ3n) is 2.27. The van der Waals surface area contributed by atoms with E-state index in [1.807, 2.05) is 0 Å². The highest BCUT2D eigenvalue weighted by Crippen LogP contribution is 2.27. The monoisotopic (exact) mass is 321 g/mol. The number of nitrogens with one attached hydrogen (secondary N) is 1. The lowest BCUT2D eigenvalue weighted by atomic mass is 10.3. The maximum atomic E-state index is 12.1. The molecule has 0 aliphatic rings. The van der Waals surface area contributed by atoms with Crippen LogP contribution in [-0.4, -0.2) is 40.6 Å². The minimum absolute atomic E-state index is 0.0265. The number of methoxy groups -OCH3 is 1. The van der Waals surface area contributed by atoms with Crippen LogP contribution in [0.25, 0.3) is 0 Å². The fourth-order valence-electron chi connectivity index (χ4n) is 1.44. The maximum Gasteiger partial charge on any atom is 0.349 e. The number of rotatable bonds is 6. The number of hydrogen-bond acceptors (Lipinski definition) is 7. The highest BCUT2D eigenvalue weighted by molar-refractivity contribution is 7.89. The molecular weight excluding hydrogens is 306 g/mol. The fourth-order valence-corrected chi connectivity index (χ4v) is 4.11. The second-order valence-corrected chi connectivity index (χ2v) is 6.28. The molecule has 0 aliphatic heterocycles. The van der Waals surface area contributed by atoms with Crippen LogP contribution in [0.1, 0.15) is 22.2 Å². The highest BCUT2D eigenvalue weighted by atomic mass is 32.2. The second kappa shape index (κ2) is 6.82. The molecule has 112 valence electrons. The number of esters is 2. The van der Waals surface area contributed by atoms with E-state index in [-0.39, 0.29) is 16.4 Å². The number of aryl methyl sites for hydroxylation is 1. The van der Waals surface area contributed by atoms with Gasteiger partial charge in [-0.05, 0) is 24.8 Å². The third-order valence-corrected chi connectivity index (χ3v) is 5.06. The zero-order chi connectivity index (χ0) is 15.3. The molecule has 1 aromatic rings. The molecule has 0 saturated heterocycles. The summed E-state index contributed by atoms with van der Waals surface area (Å²) in [6.45, 7) is 2.84. The van der Waals surface area contributed by atoms with Crippen molar-refractivity contribution >= 4 is 33.3 Å². The van der Waals surface area contributed by atoms with Crippen LogP contribution < -0.4 is 4.72 Å². The molecule has 1 heterocycles. The average Bonchev–Trinajstić information content (AvgIpc) is 2.79. The predicted octanol–water partition coefficient (Wildman–Crippen LogP) is 0.685. The van der Waals surface area contributed by atoms with Gasteiger partial charge in [0, 0.05) is 0 Å². The van der Waals surface area contributed by atoms with Gasteiger partial charge in [-0.2, -0.15) is 4.72 Å². The molecule has 0 amide bonds. The summed E-state index contributed by atoms with van der Waals surface area (Å²) in [5, 5.41) is 1.53. The van der Waals surface area contributed by atoms with E-state index in [1.54, 1.807) is 13.8 Å². The summed E-state index contributed by atoms with van der Waals surface area (Å²) in [6.07, 6.45) is 0. The number of sulfonamides is 1. The van der Waals surface area contributed by atoms with Crippen molar-refractivity contribution < 1.29 is 27.5 Å². The molecular formula is C11H15NO6S2. The maximum absolute atomic E-state index is 12.1. The van der Waals surface area contributed by atoms with Gasteiger partial charge in [0.25, 0.3) is 0 Å². The SMILES string of the molecule is CCOC(=O)CNS(=O)(=O)c1c(C)csc1C(=O)OC. The van der Waals surface area contributed by atoms with E-state index < -0.39 is 28.5 Å². The van der Waals surface area contributed by atoms with Crippen LogP contribution >= 0.6 is 11.3 Å². The van der Waals surface area contributed by atoms with Gasteiger partial charge in [-0.1, -0.05) is 0 Å². The quantitative estimate of drug-likeness (QED) is 0.774. The molecule has 0 aliphatic carbocycles. The van der Waals surface area contributed by atoms with Crippen LogP contribution in [0.5, 0.6) is 0 Å². The lowest BCUT2D eigenvalue weighted by molar-refractivity contribution is -0.141. The van der Waals surface area contributed by atoms with Gasteiger partial charge in [0.2, 0.25) is 10.0 Å². The van der Waals surface area contributed by atoms with Gasteiger partial charge >= 0.3 is 11.9 Å². The largest absolute Gasteiger partial charge is 0.465 e. The molecule has 7 nitrogen and oxygen atoms in total. The van der Waals surface area contributed by atoms with Gasteiger partial charge in [-0.3, -0.25) is 4.79 Å². The molecule has 0 saturated carbocycles. The van der Waals surface area contributed by atoms with E-state index >= 15 is 0 Å². The van der Waals surface area contributed by atoms with Crippen LogP contribution in [0.3, 0.4) is 0 Å². The molecule has 20 heavy (non-hydrogen) atoms. The van der Waals surface area contributed by atoms with Crippen molar-refractivity contribution in [3.63, 3.8) is 0 Å². The van der Waals surface area contributed by atoms with Crippen LogP contribution in [0, 0.1) is 6.92 Å². The summed E-state index contributed by atoms with van der Waals surface area (Å²) in [5.74, 6) is -1.43. The molecule has 0 unspecified atom stereocenters. The molecule has 0 fully saturated rings. The number of carbonyl (C=O) groups is 2. The Morgan fingerprint density at radius 3 is 2.60 bits per heavy atom. The van der Waals surface area contributed by atoms with Gasteiger partial charge in [0.1, 0.15) is 16.3 Å². The van der Waals surface area contributed by atoms with Gasteiger partial charge in [0.15, 0.2) is 0 Å². The molecule has 0 atom stereocenters. The molecule has 9 heteroatoms. The Labute approximate surface area is 120 Å². The van der Waals surface area contributed by atoms with Crippen molar-refractivity contribution in [3.05, 3.63) is 15.8 Å². The van der Waals surface area contributed by atoms with Gasteiger partial charge in [0.05, 0.1) is 13.7 Å². The number of carbonyl (C=O) groups excluding carboxylic acids is 2. The lowest BCUT2D eigenvalue weighted by Gasteiger charge is -2.08. The van der Waals surface area contributed by atoms with E-state index in [9.17, 15) is 18.0 Å². The summed E-state index contributed by atoms with van der Waals surface area (Å²) in [6, 6.07) is 0. The Hall–Kier alpha value is -1.45. The van der Waals surface area contributed by atoms with Gasteiger partial charge in [-0.15, -0.1) is 11.3 Å². The van der Waals surface area contributed by atoms with Gasteiger partial charge < -0.3 is 9.47 Å². The van der Waals surface area contributed by atoms with Crippen LogP contribution in [0.2, 0.25) is 0 Å². The molecule has 1 N–H and O–H groups in total. The van der Waals surface area contributed by atoms with Crippen molar-refractivity contribution in [2.24, 2.45) is 0 Å². The standard InChI is InChI=1S/C11H15NO6S2/c1-4-18-8(13)5-12-20(15,16)10-7(2)6-19-9(10)11(14)17-3/h6,12H,4-5H2,1-3H3. The second-order valence-electron chi connectivity index (χ2n) is 3.70. The van der Waals surface area contributed by atoms with Crippen molar-refractivity contribution in [3.8, 4) is 0 Å². The predicted molar refractivity (Wildman–Crippen MR) is 72.2 cm³/mol. The minimum Gasteiger partial charge on any atom is -0.465 e. The lowest BCUT2D eigenvalue weighted by Crippen LogP contribution is -2.31. The summed E-state index contributed by atoms with van der Waals surface area (Å²) in [5.41, 5.74) is 0.409. The van der Waals surface area contributed by atoms with Crippen LogP contribution in [-0.2, 0) is 24.3 Å². The number of ether oxygens (including phenoxy) is 2. The normalized spacial score (nSPS) is 11.2. The Morgan fingerprint density at radius 2 is 2.05 bits per heavy atom. The van der Waals surface area contributed by atoms with Crippen LogP contribution in [0.4, 0.5) is 0 Å². The van der Waals surface area contributed by atoms with Crippen molar-refractivity contribution in [2.45, 2.75) is 18.7 Å². The first-order valence-corrected chi connectivity index (χ1v) is 8.01. The van der Waals surface area contributed by atoms with E-state index in [2.05, 4.69) is 14.2 Å². The molecule has 0 spiro atoms. The fraction of sp³-hybridized carbons (Fsp3) is 0.455. The summed E-state index contributed by atoms with van der Waals surface area (Å²) in [7, 11) is -2.82. The highest BCUT2D eigenvalue weighted by Gasteiger charge is 2.27. The third kappa shape index (κ3) is 3.78. The topological polar surface area (TPSA) is 98.8 Å². The first kappa shape index (κ1) is 16.6. The first-order chi connectivity index (χ1) is 9.33. The van der Waals surface area contributed by atoms with E-state index in [4.69, 9.17) is 0 Å². The van der Waals surface area contributed by atoms with Crippen molar-refractivity contribution in [1.29, 1.82) is 0 Å². The first-order valence-electron chi connectivity index (χ1n) is 5.65. The van der Waals surface area contributed by atoms with Gasteiger partial charge in [-0.25, -0.2) is 13.2 Å². The Bertz CT molecular complexity index is 604. The molecule has 0 bridgehead atoms. The zero-order valence-electron chi connectivity index (χ0n) is 11.3. The van der Waals surface area contributed by atoms with Crippen molar-refractivity contribution in [1.82, 2.24) is 4.72 Å². The van der Waals surface area contributed by atoms with E-state index in [0.717, 1.165) is 11.3 Å². The summed E-state index contributed by atoms with van der Waals surface area (Å²) < 4.78 is 35.6. The van der Waals surface area contributed by atoms with Crippen LogP contribution in [0.15, 0.2) is 10.3 Å². The van der Waals surface area contributed by atoms with E-state index in [1.165, 1.54) is 12.5 Å². The molecule has 1 aromatic heterocycles. The Balaban J connectivity index is 3.01. The zero-order valence-corrected chi connectivity index (χ0v) is 12.9. The molecule has 0 radical (unpaired) electrons. The molecule has 1 rings (SSSR count). The summed E-state index contributed by atoms with van der Waals surface area (Å²) in [4.78, 5) is 22.5.